The van der Waals surface area contributed by atoms with Crippen LogP contribution in [-0.2, 0) is 9.53 Å². The second kappa shape index (κ2) is 7.98. The quantitative estimate of drug-likeness (QED) is 0.610. The maximum absolute atomic E-state index is 11.3. The number of esters is 1. The predicted molar refractivity (Wildman–Crippen MR) is 84.0 cm³/mol. The van der Waals surface area contributed by atoms with Crippen molar-refractivity contribution in [3.8, 4) is 23.7 Å². The van der Waals surface area contributed by atoms with E-state index in [1.54, 1.807) is 0 Å². The maximum Gasteiger partial charge on any atom is 0.304 e. The molecule has 1 aromatic carbocycles. The van der Waals surface area contributed by atoms with Gasteiger partial charge in [0.05, 0.1) is 5.57 Å². The van der Waals surface area contributed by atoms with Crippen LogP contribution in [0.25, 0.3) is 6.08 Å². The lowest BCUT2D eigenvalue weighted by atomic mass is 10.0. The Morgan fingerprint density at radius 2 is 1.90 bits per heavy atom. The Labute approximate surface area is 126 Å². The number of hydrogen-bond donors (Lipinski definition) is 0. The third kappa shape index (κ3) is 5.21. The summed E-state index contributed by atoms with van der Waals surface area (Å²) in [5.74, 6) is 12.1. The van der Waals surface area contributed by atoms with E-state index in [2.05, 4.69) is 23.7 Å². The molecule has 1 aromatic rings. The van der Waals surface area contributed by atoms with Crippen LogP contribution in [0, 0.1) is 23.7 Å². The lowest BCUT2D eigenvalue weighted by Crippen LogP contribution is -2.16. The second-order valence-corrected chi connectivity index (χ2v) is 4.83. The van der Waals surface area contributed by atoms with Gasteiger partial charge in [-0.15, -0.1) is 0 Å². The van der Waals surface area contributed by atoms with Crippen LogP contribution in [0.15, 0.2) is 35.9 Å². The van der Waals surface area contributed by atoms with Crippen LogP contribution in [0.2, 0.25) is 0 Å². The van der Waals surface area contributed by atoms with Gasteiger partial charge in [-0.2, -0.15) is 0 Å². The predicted octanol–water partition coefficient (Wildman–Crippen LogP) is 3.58. The zero-order valence-electron chi connectivity index (χ0n) is 12.2. The van der Waals surface area contributed by atoms with Crippen LogP contribution in [0.4, 0.5) is 0 Å². The Kier molecular flexibility index (Phi) is 5.68. The van der Waals surface area contributed by atoms with Gasteiger partial charge in [-0.05, 0) is 24.5 Å². The number of hydrogen-bond acceptors (Lipinski definition) is 2. The molecule has 1 atom stereocenters. The van der Waals surface area contributed by atoms with E-state index in [1.807, 2.05) is 36.4 Å². The van der Waals surface area contributed by atoms with Crippen molar-refractivity contribution in [1.29, 1.82) is 0 Å². The number of rotatable bonds is 2. The molecule has 0 saturated carbocycles. The zero-order valence-corrected chi connectivity index (χ0v) is 12.2. The molecule has 0 heterocycles. The van der Waals surface area contributed by atoms with E-state index in [0.717, 1.165) is 36.8 Å². The smallest absolute Gasteiger partial charge is 0.304 e. The van der Waals surface area contributed by atoms with Gasteiger partial charge in [0.2, 0.25) is 0 Å². The molecule has 0 N–H and O–H groups in total. The summed E-state index contributed by atoms with van der Waals surface area (Å²) >= 11 is 0. The first-order chi connectivity index (χ1) is 10.3. The summed E-state index contributed by atoms with van der Waals surface area (Å²) in [5.41, 5.74) is 1.77. The van der Waals surface area contributed by atoms with Gasteiger partial charge >= 0.3 is 5.97 Å². The van der Waals surface area contributed by atoms with Crippen molar-refractivity contribution in [2.75, 3.05) is 0 Å². The second-order valence-electron chi connectivity index (χ2n) is 4.83. The van der Waals surface area contributed by atoms with Gasteiger partial charge in [0.1, 0.15) is 0 Å². The van der Waals surface area contributed by atoms with Crippen molar-refractivity contribution in [2.45, 2.75) is 38.7 Å². The van der Waals surface area contributed by atoms with Gasteiger partial charge < -0.3 is 4.74 Å². The molecule has 0 spiro atoms. The minimum atomic E-state index is -0.576. The van der Waals surface area contributed by atoms with Crippen LogP contribution in [-0.4, -0.2) is 12.1 Å². The fraction of sp³-hybridized carbons (Fsp3) is 0.316. The van der Waals surface area contributed by atoms with E-state index >= 15 is 0 Å². The Balaban J connectivity index is 2.36. The molecular weight excluding hydrogens is 260 g/mol. The van der Waals surface area contributed by atoms with Crippen LogP contribution in [0.5, 0.6) is 0 Å². The molecule has 0 bridgehead atoms. The molecule has 2 nitrogen and oxygen atoms in total. The molecule has 2 heteroatoms. The largest absolute Gasteiger partial charge is 0.444 e. The molecule has 2 rings (SSSR count). The summed E-state index contributed by atoms with van der Waals surface area (Å²) in [6.07, 6.45) is 5.12. The van der Waals surface area contributed by atoms with Crippen LogP contribution >= 0.6 is 0 Å². The van der Waals surface area contributed by atoms with Crippen molar-refractivity contribution >= 4 is 12.0 Å². The zero-order chi connectivity index (χ0) is 14.9. The van der Waals surface area contributed by atoms with Crippen molar-refractivity contribution in [2.24, 2.45) is 0 Å². The first kappa shape index (κ1) is 14.9. The lowest BCUT2D eigenvalue weighted by molar-refractivity contribution is -0.142. The van der Waals surface area contributed by atoms with E-state index in [1.165, 1.54) is 6.92 Å². The average molecular weight is 278 g/mol. The summed E-state index contributed by atoms with van der Waals surface area (Å²) in [4.78, 5) is 11.3. The summed E-state index contributed by atoms with van der Waals surface area (Å²) in [6, 6.07) is 9.88. The normalized spacial score (nSPS) is 19.7. The molecule has 0 aromatic heterocycles. The summed E-state index contributed by atoms with van der Waals surface area (Å²) in [5, 5.41) is 0. The molecule has 0 unspecified atom stereocenters. The lowest BCUT2D eigenvalue weighted by Gasteiger charge is -2.11. The van der Waals surface area contributed by atoms with Crippen LogP contribution in [0.3, 0.4) is 0 Å². The van der Waals surface area contributed by atoms with Gasteiger partial charge in [-0.25, -0.2) is 0 Å². The standard InChI is InChI=1S/C19H18O2/c1-16(20)21-19-14-10-5-3-2-4-9-13-18(19)15-17-11-7-6-8-12-17/h6-8,11-12,15,19H,2-5H2,1H3/b18-15+/t19-/m0/s1. The molecular formula is C19H18O2. The monoisotopic (exact) mass is 278 g/mol. The summed E-state index contributed by atoms with van der Waals surface area (Å²) in [7, 11) is 0. The molecule has 0 aliphatic heterocycles. The molecule has 106 valence electrons. The van der Waals surface area contributed by atoms with E-state index in [0.29, 0.717) is 0 Å². The molecule has 0 amide bonds. The third-order valence-electron chi connectivity index (χ3n) is 3.01. The summed E-state index contributed by atoms with van der Waals surface area (Å²) in [6.45, 7) is 1.40. The molecule has 1 aliphatic rings. The molecule has 0 fully saturated rings. The first-order valence-corrected chi connectivity index (χ1v) is 7.17. The van der Waals surface area contributed by atoms with Crippen molar-refractivity contribution in [3.63, 3.8) is 0 Å². The van der Waals surface area contributed by atoms with Crippen LogP contribution in [0.1, 0.15) is 38.2 Å². The molecule has 1 aliphatic carbocycles. The SMILES string of the molecule is CC(=O)O[C@H]1C#CCCCCC#C/C1=C\c1ccccc1. The van der Waals surface area contributed by atoms with Gasteiger partial charge in [-0.1, -0.05) is 54.0 Å². The van der Waals surface area contributed by atoms with E-state index < -0.39 is 6.10 Å². The number of carbonyl (C=O) groups excluding carboxylic acids is 1. The van der Waals surface area contributed by atoms with Crippen molar-refractivity contribution < 1.29 is 9.53 Å². The molecule has 0 saturated heterocycles. The minimum absolute atomic E-state index is 0.341. The maximum atomic E-state index is 11.3. The van der Waals surface area contributed by atoms with Gasteiger partial charge in [0.25, 0.3) is 0 Å². The molecule has 0 radical (unpaired) electrons. The van der Waals surface area contributed by atoms with E-state index in [-0.39, 0.29) is 5.97 Å². The highest BCUT2D eigenvalue weighted by Crippen LogP contribution is 2.14. The molecule has 21 heavy (non-hydrogen) atoms. The number of benzene rings is 1. The highest BCUT2D eigenvalue weighted by atomic mass is 16.5. The van der Waals surface area contributed by atoms with Gasteiger partial charge in [0, 0.05) is 19.8 Å². The Morgan fingerprint density at radius 1 is 1.19 bits per heavy atom. The highest BCUT2D eigenvalue weighted by Gasteiger charge is 2.13. The topological polar surface area (TPSA) is 26.3 Å². The van der Waals surface area contributed by atoms with Crippen LogP contribution < -0.4 is 0 Å². The summed E-state index contributed by atoms with van der Waals surface area (Å²) < 4.78 is 5.32. The van der Waals surface area contributed by atoms with Crippen molar-refractivity contribution in [1.82, 2.24) is 0 Å². The fourth-order valence-corrected chi connectivity index (χ4v) is 2.00. The Bertz CT molecular complexity index is 633. The Morgan fingerprint density at radius 3 is 2.62 bits per heavy atom. The number of ether oxygens (including phenoxy) is 1. The first-order valence-electron chi connectivity index (χ1n) is 7.17. The van der Waals surface area contributed by atoms with Crippen molar-refractivity contribution in [3.05, 3.63) is 41.5 Å². The third-order valence-corrected chi connectivity index (χ3v) is 3.01. The highest BCUT2D eigenvalue weighted by molar-refractivity contribution is 5.69. The Hall–Kier alpha value is -2.45. The fourth-order valence-electron chi connectivity index (χ4n) is 2.00. The number of carbonyl (C=O) groups is 1. The van der Waals surface area contributed by atoms with E-state index in [9.17, 15) is 4.79 Å². The van der Waals surface area contributed by atoms with Gasteiger partial charge in [-0.3, -0.25) is 4.79 Å². The average Bonchev–Trinajstić information content (AvgIpc) is 2.48. The van der Waals surface area contributed by atoms with Gasteiger partial charge in [0.15, 0.2) is 6.10 Å². The minimum Gasteiger partial charge on any atom is -0.444 e. The van der Waals surface area contributed by atoms with E-state index in [4.69, 9.17) is 4.74 Å².